The van der Waals surface area contributed by atoms with Crippen LogP contribution in [-0.2, 0) is 0 Å². The van der Waals surface area contributed by atoms with Gasteiger partial charge in [0.1, 0.15) is 0 Å². The van der Waals surface area contributed by atoms with E-state index in [2.05, 4.69) is 15.3 Å². The first-order valence-electron chi connectivity index (χ1n) is 5.75. The molecule has 0 spiro atoms. The van der Waals surface area contributed by atoms with Gasteiger partial charge in [0, 0.05) is 43.0 Å². The number of H-pyrrole nitrogens is 1. The Bertz CT molecular complexity index is 553. The van der Waals surface area contributed by atoms with Gasteiger partial charge in [-0.1, -0.05) is 7.43 Å². The highest BCUT2D eigenvalue weighted by atomic mass is 16.6. The molecule has 1 aliphatic rings. The first-order chi connectivity index (χ1) is 9.27. The molecule has 0 unspecified atom stereocenters. The lowest BCUT2D eigenvalue weighted by Crippen LogP contribution is -2.06. The number of rotatable bonds is 2. The summed E-state index contributed by atoms with van der Waals surface area (Å²) < 4.78 is 1.73. The summed E-state index contributed by atoms with van der Waals surface area (Å²) in [4.78, 5) is 10.1. The summed E-state index contributed by atoms with van der Waals surface area (Å²) in [7, 11) is 0. The highest BCUT2D eigenvalue weighted by molar-refractivity contribution is 5.49. The van der Waals surface area contributed by atoms with Gasteiger partial charge in [-0.2, -0.15) is 10.2 Å². The second-order valence-corrected chi connectivity index (χ2v) is 3.79. The summed E-state index contributed by atoms with van der Waals surface area (Å²) in [6.07, 6.45) is 11.4. The molecule has 2 heterocycles. The molecule has 0 bridgehead atoms. The minimum Gasteiger partial charge on any atom is -0.286 e. The molecule has 0 fully saturated rings. The number of nitro groups is 1. The Balaban J connectivity index is 0.000000283. The topological polar surface area (TPSA) is 89.6 Å². The molecule has 1 N–H and O–H groups in total. The molecule has 2 aromatic rings. The number of hydrogen-bond donors (Lipinski definition) is 1. The monoisotopic (exact) mass is 275 g/mol. The van der Waals surface area contributed by atoms with Crippen molar-refractivity contribution in [3.05, 3.63) is 64.9 Å². The SMILES string of the molecule is C.O=[N+]([O-])C1=CC=C(n2cccn2)CC1.c1cn[nH]c1. The number of aromatic amines is 1. The summed E-state index contributed by atoms with van der Waals surface area (Å²) in [6, 6.07) is 3.66. The molecule has 0 aliphatic heterocycles. The van der Waals surface area contributed by atoms with E-state index in [4.69, 9.17) is 0 Å². The molecule has 3 rings (SSSR count). The van der Waals surface area contributed by atoms with E-state index in [1.807, 2.05) is 18.3 Å². The van der Waals surface area contributed by atoms with Gasteiger partial charge in [-0.15, -0.1) is 0 Å². The Labute approximate surface area is 116 Å². The lowest BCUT2D eigenvalue weighted by molar-refractivity contribution is -0.428. The molecular formula is C13H17N5O2. The summed E-state index contributed by atoms with van der Waals surface area (Å²) in [6.45, 7) is 0. The van der Waals surface area contributed by atoms with Crippen LogP contribution in [0.4, 0.5) is 0 Å². The third-order valence-electron chi connectivity index (χ3n) is 2.54. The van der Waals surface area contributed by atoms with Gasteiger partial charge in [-0.05, 0) is 24.6 Å². The van der Waals surface area contributed by atoms with E-state index in [-0.39, 0.29) is 18.0 Å². The summed E-state index contributed by atoms with van der Waals surface area (Å²) >= 11 is 0. The van der Waals surface area contributed by atoms with Gasteiger partial charge in [0.05, 0.1) is 4.92 Å². The fourth-order valence-electron chi connectivity index (χ4n) is 1.61. The van der Waals surface area contributed by atoms with E-state index in [0.717, 1.165) is 5.70 Å². The largest absolute Gasteiger partial charge is 0.286 e. The van der Waals surface area contributed by atoms with Crippen molar-refractivity contribution in [2.45, 2.75) is 20.3 Å². The van der Waals surface area contributed by atoms with Crippen LogP contribution in [0.2, 0.25) is 0 Å². The van der Waals surface area contributed by atoms with Gasteiger partial charge in [-0.3, -0.25) is 15.2 Å². The standard InChI is InChI=1S/C9H9N3O2.C3H4N2.CH4/c13-12(14)9-4-2-8(3-5-9)11-7-1-6-10-11;1-2-4-5-3-1;/h1-2,4,6-7H,3,5H2;1-3H,(H,4,5);1H4. The zero-order valence-electron chi connectivity index (χ0n) is 10.1. The lowest BCUT2D eigenvalue weighted by Gasteiger charge is -2.09. The van der Waals surface area contributed by atoms with Gasteiger partial charge in [-0.25, -0.2) is 4.68 Å². The molecule has 7 nitrogen and oxygen atoms in total. The Morgan fingerprint density at radius 3 is 2.50 bits per heavy atom. The molecule has 0 radical (unpaired) electrons. The molecule has 0 atom stereocenters. The van der Waals surface area contributed by atoms with Crippen LogP contribution in [0.3, 0.4) is 0 Å². The van der Waals surface area contributed by atoms with E-state index in [1.54, 1.807) is 35.4 Å². The van der Waals surface area contributed by atoms with Crippen LogP contribution in [0.1, 0.15) is 20.3 Å². The van der Waals surface area contributed by atoms with Crippen LogP contribution in [0.25, 0.3) is 5.70 Å². The van der Waals surface area contributed by atoms with Crippen LogP contribution in [0.5, 0.6) is 0 Å². The van der Waals surface area contributed by atoms with Crippen LogP contribution in [0.15, 0.2) is 54.8 Å². The van der Waals surface area contributed by atoms with Gasteiger partial charge in [0.15, 0.2) is 0 Å². The van der Waals surface area contributed by atoms with E-state index in [9.17, 15) is 10.1 Å². The van der Waals surface area contributed by atoms with Gasteiger partial charge in [0.2, 0.25) is 5.70 Å². The predicted octanol–water partition coefficient (Wildman–Crippen LogP) is 2.72. The van der Waals surface area contributed by atoms with Crippen LogP contribution in [0, 0.1) is 10.1 Å². The highest BCUT2D eigenvalue weighted by Crippen LogP contribution is 2.21. The zero-order valence-corrected chi connectivity index (χ0v) is 10.1. The van der Waals surface area contributed by atoms with Crippen molar-refractivity contribution in [3.8, 4) is 0 Å². The lowest BCUT2D eigenvalue weighted by atomic mass is 10.1. The highest BCUT2D eigenvalue weighted by Gasteiger charge is 2.15. The molecule has 0 saturated heterocycles. The maximum atomic E-state index is 10.4. The van der Waals surface area contributed by atoms with Gasteiger partial charge < -0.3 is 0 Å². The van der Waals surface area contributed by atoms with Crippen molar-refractivity contribution in [2.75, 3.05) is 0 Å². The van der Waals surface area contributed by atoms with Crippen LogP contribution in [-0.4, -0.2) is 24.9 Å². The third-order valence-corrected chi connectivity index (χ3v) is 2.54. The third kappa shape index (κ3) is 4.20. The van der Waals surface area contributed by atoms with Crippen molar-refractivity contribution in [2.24, 2.45) is 0 Å². The van der Waals surface area contributed by atoms with Crippen molar-refractivity contribution in [3.63, 3.8) is 0 Å². The number of nitrogens with one attached hydrogen (secondary N) is 1. The van der Waals surface area contributed by atoms with Crippen molar-refractivity contribution >= 4 is 5.70 Å². The normalized spacial score (nSPS) is 13.2. The minimum absolute atomic E-state index is 0. The van der Waals surface area contributed by atoms with Crippen molar-refractivity contribution in [1.82, 2.24) is 20.0 Å². The van der Waals surface area contributed by atoms with Crippen LogP contribution < -0.4 is 0 Å². The van der Waals surface area contributed by atoms with Crippen molar-refractivity contribution in [1.29, 1.82) is 0 Å². The summed E-state index contributed by atoms with van der Waals surface area (Å²) in [5.41, 5.74) is 1.25. The summed E-state index contributed by atoms with van der Waals surface area (Å²) in [5, 5.41) is 20.7. The molecule has 2 aromatic heterocycles. The number of allylic oxidation sites excluding steroid dienone is 4. The Morgan fingerprint density at radius 2 is 2.10 bits per heavy atom. The molecule has 0 saturated carbocycles. The maximum absolute atomic E-state index is 10.4. The smallest absolute Gasteiger partial charge is 0.246 e. The zero-order chi connectivity index (χ0) is 13.5. The Hall–Kier alpha value is -2.70. The molecule has 20 heavy (non-hydrogen) atoms. The fourth-order valence-corrected chi connectivity index (χ4v) is 1.61. The predicted molar refractivity (Wildman–Crippen MR) is 76.1 cm³/mol. The molecule has 1 aliphatic carbocycles. The van der Waals surface area contributed by atoms with Gasteiger partial charge >= 0.3 is 0 Å². The first-order valence-corrected chi connectivity index (χ1v) is 5.75. The number of hydrogen-bond acceptors (Lipinski definition) is 4. The van der Waals surface area contributed by atoms with Crippen molar-refractivity contribution < 1.29 is 4.92 Å². The average Bonchev–Trinajstić information content (AvgIpc) is 3.15. The quantitative estimate of drug-likeness (QED) is 0.674. The second kappa shape index (κ2) is 7.67. The van der Waals surface area contributed by atoms with E-state index in [0.29, 0.717) is 12.8 Å². The molecule has 106 valence electrons. The Morgan fingerprint density at radius 1 is 1.25 bits per heavy atom. The average molecular weight is 275 g/mol. The fraction of sp³-hybridized carbons (Fsp3) is 0.231. The first kappa shape index (κ1) is 15.4. The summed E-state index contributed by atoms with van der Waals surface area (Å²) in [5.74, 6) is 0. The van der Waals surface area contributed by atoms with E-state index < -0.39 is 0 Å². The second-order valence-electron chi connectivity index (χ2n) is 3.79. The van der Waals surface area contributed by atoms with Crippen LogP contribution >= 0.6 is 0 Å². The number of aromatic nitrogens is 4. The Kier molecular flexibility index (Phi) is 5.89. The molecular weight excluding hydrogens is 258 g/mol. The number of nitrogens with zero attached hydrogens (tertiary/aromatic N) is 4. The molecule has 0 aromatic carbocycles. The minimum atomic E-state index is -0.337. The van der Waals surface area contributed by atoms with E-state index in [1.165, 1.54) is 0 Å². The molecule has 7 heteroatoms. The van der Waals surface area contributed by atoms with Gasteiger partial charge in [0.25, 0.3) is 0 Å². The van der Waals surface area contributed by atoms with E-state index >= 15 is 0 Å². The molecule has 0 amide bonds. The maximum Gasteiger partial charge on any atom is 0.246 e.